The van der Waals surface area contributed by atoms with Crippen molar-refractivity contribution in [2.45, 2.75) is 51.7 Å². The molecule has 0 aliphatic carbocycles. The lowest BCUT2D eigenvalue weighted by atomic mass is 10.1. The fraction of sp³-hybridized carbons (Fsp3) is 0.474. The first-order valence-electron chi connectivity index (χ1n) is 8.17. The summed E-state index contributed by atoms with van der Waals surface area (Å²) in [6.45, 7) is 5.41. The topological polar surface area (TPSA) is 64.6 Å². The van der Waals surface area contributed by atoms with Crippen molar-refractivity contribution < 1.29 is 19.1 Å². The molecule has 1 rings (SSSR count). The molecule has 0 radical (unpaired) electrons. The van der Waals surface area contributed by atoms with E-state index in [2.05, 4.69) is 26.0 Å². The molecular formula is C19H26BrNO4. The van der Waals surface area contributed by atoms with Gasteiger partial charge in [0.05, 0.1) is 13.2 Å². The van der Waals surface area contributed by atoms with Crippen molar-refractivity contribution in [3.05, 3.63) is 46.5 Å². The highest BCUT2D eigenvalue weighted by Crippen LogP contribution is 2.12. The van der Waals surface area contributed by atoms with Gasteiger partial charge in [-0.15, -0.1) is 0 Å². The molecule has 0 spiro atoms. The zero-order valence-corrected chi connectivity index (χ0v) is 16.8. The summed E-state index contributed by atoms with van der Waals surface area (Å²) in [5.74, 6) is -0.308. The molecule has 0 saturated carbocycles. The largest absolute Gasteiger partial charge is 0.469 e. The molecule has 138 valence electrons. The quantitative estimate of drug-likeness (QED) is 0.533. The molecule has 0 fully saturated rings. The summed E-state index contributed by atoms with van der Waals surface area (Å²) in [6, 6.07) is 7.72. The second-order valence-electron chi connectivity index (χ2n) is 6.63. The van der Waals surface area contributed by atoms with E-state index in [4.69, 9.17) is 4.74 Å². The summed E-state index contributed by atoms with van der Waals surface area (Å²) < 4.78 is 11.0. The van der Waals surface area contributed by atoms with Crippen LogP contribution in [0, 0.1) is 0 Å². The van der Waals surface area contributed by atoms with Crippen molar-refractivity contribution in [1.29, 1.82) is 0 Å². The Morgan fingerprint density at radius 3 is 2.44 bits per heavy atom. The van der Waals surface area contributed by atoms with Crippen LogP contribution < -0.4 is 5.32 Å². The lowest BCUT2D eigenvalue weighted by Crippen LogP contribution is -2.38. The highest BCUT2D eigenvalue weighted by molar-refractivity contribution is 9.10. The maximum absolute atomic E-state index is 12.0. The van der Waals surface area contributed by atoms with Gasteiger partial charge in [-0.05, 0) is 51.3 Å². The van der Waals surface area contributed by atoms with E-state index >= 15 is 0 Å². The number of nitrogens with one attached hydrogen (secondary N) is 1. The number of hydrogen-bond donors (Lipinski definition) is 1. The first kappa shape index (κ1) is 21.2. The predicted octanol–water partition coefficient (Wildman–Crippen LogP) is 4.39. The number of benzene rings is 1. The Bertz CT molecular complexity index is 590. The van der Waals surface area contributed by atoms with Crippen LogP contribution in [0.2, 0.25) is 0 Å². The number of halogens is 1. The first-order chi connectivity index (χ1) is 11.7. The fourth-order valence-corrected chi connectivity index (χ4v) is 2.30. The monoisotopic (exact) mass is 411 g/mol. The summed E-state index contributed by atoms with van der Waals surface area (Å²) in [5.41, 5.74) is 0.585. The molecule has 0 aliphatic rings. The maximum atomic E-state index is 12.0. The molecule has 0 aromatic heterocycles. The Kier molecular flexibility index (Phi) is 8.69. The van der Waals surface area contributed by atoms with E-state index < -0.39 is 11.7 Å². The van der Waals surface area contributed by atoms with E-state index in [0.717, 1.165) is 16.5 Å². The van der Waals surface area contributed by atoms with Gasteiger partial charge in [-0.3, -0.25) is 4.79 Å². The van der Waals surface area contributed by atoms with Crippen molar-refractivity contribution in [1.82, 2.24) is 5.32 Å². The molecule has 0 aliphatic heterocycles. The van der Waals surface area contributed by atoms with E-state index in [-0.39, 0.29) is 18.4 Å². The number of carbonyl (C=O) groups excluding carboxylic acids is 2. The van der Waals surface area contributed by atoms with Crippen LogP contribution in [0.5, 0.6) is 0 Å². The van der Waals surface area contributed by atoms with Crippen molar-refractivity contribution in [3.63, 3.8) is 0 Å². The Hall–Kier alpha value is -1.82. The van der Waals surface area contributed by atoms with Crippen LogP contribution in [0.25, 0.3) is 0 Å². The van der Waals surface area contributed by atoms with Gasteiger partial charge in [-0.2, -0.15) is 0 Å². The Morgan fingerprint density at radius 1 is 1.24 bits per heavy atom. The van der Waals surface area contributed by atoms with Gasteiger partial charge in [0.1, 0.15) is 5.60 Å². The van der Waals surface area contributed by atoms with Crippen LogP contribution >= 0.6 is 15.9 Å². The highest BCUT2D eigenvalue weighted by atomic mass is 79.9. The molecule has 25 heavy (non-hydrogen) atoms. The highest BCUT2D eigenvalue weighted by Gasteiger charge is 2.19. The number of esters is 1. The molecular weight excluding hydrogens is 386 g/mol. The standard InChI is InChI=1S/C19H26BrNO4/c1-19(2,3)25-18(23)21-16(12-13-17(22)24-4)7-5-6-14-8-10-15(20)11-9-14/h5,7-11,16H,6,12-13H2,1-4H3,(H,21,23)/b7-5+/t16-/m1/s1. The summed E-state index contributed by atoms with van der Waals surface area (Å²) in [5, 5.41) is 2.79. The van der Waals surface area contributed by atoms with Crippen molar-refractivity contribution in [2.75, 3.05) is 7.11 Å². The van der Waals surface area contributed by atoms with Gasteiger partial charge in [0, 0.05) is 10.9 Å². The molecule has 0 unspecified atom stereocenters. The first-order valence-corrected chi connectivity index (χ1v) is 8.96. The predicted molar refractivity (Wildman–Crippen MR) is 101 cm³/mol. The van der Waals surface area contributed by atoms with Gasteiger partial charge in [-0.1, -0.05) is 40.2 Å². The third-order valence-electron chi connectivity index (χ3n) is 3.22. The van der Waals surface area contributed by atoms with Gasteiger partial charge in [0.25, 0.3) is 0 Å². The third kappa shape index (κ3) is 9.92. The second kappa shape index (κ2) is 10.2. The summed E-state index contributed by atoms with van der Waals surface area (Å²) in [7, 11) is 1.35. The zero-order valence-electron chi connectivity index (χ0n) is 15.2. The van der Waals surface area contributed by atoms with E-state index in [1.807, 2.05) is 36.4 Å². The van der Waals surface area contributed by atoms with Gasteiger partial charge in [-0.25, -0.2) is 4.79 Å². The zero-order chi connectivity index (χ0) is 18.9. The molecule has 1 amide bonds. The Balaban J connectivity index is 2.65. The Morgan fingerprint density at radius 2 is 1.88 bits per heavy atom. The number of allylic oxidation sites excluding steroid dienone is 1. The molecule has 1 aromatic carbocycles. The van der Waals surface area contributed by atoms with Crippen LogP contribution in [0.1, 0.15) is 39.2 Å². The average Bonchev–Trinajstić information content (AvgIpc) is 2.52. The molecule has 0 heterocycles. The number of rotatable bonds is 7. The molecule has 5 nitrogen and oxygen atoms in total. The molecule has 0 bridgehead atoms. The van der Waals surface area contributed by atoms with E-state index in [1.54, 1.807) is 20.8 Å². The number of ether oxygens (including phenoxy) is 2. The molecule has 1 N–H and O–H groups in total. The van der Waals surface area contributed by atoms with Crippen LogP contribution in [0.4, 0.5) is 4.79 Å². The van der Waals surface area contributed by atoms with Gasteiger partial charge in [0.15, 0.2) is 0 Å². The SMILES string of the molecule is COC(=O)CC[C@@H](/C=C/Cc1ccc(Br)cc1)NC(=O)OC(C)(C)C. The van der Waals surface area contributed by atoms with Gasteiger partial charge in [0.2, 0.25) is 0 Å². The van der Waals surface area contributed by atoms with Crippen LogP contribution in [-0.2, 0) is 20.7 Å². The minimum absolute atomic E-state index is 0.222. The van der Waals surface area contributed by atoms with Crippen LogP contribution in [0.15, 0.2) is 40.9 Å². The number of amides is 1. The van der Waals surface area contributed by atoms with Crippen molar-refractivity contribution >= 4 is 28.0 Å². The number of methoxy groups -OCH3 is 1. The molecule has 1 atom stereocenters. The summed E-state index contributed by atoms with van der Waals surface area (Å²) in [6.07, 6.45) is 4.76. The summed E-state index contributed by atoms with van der Waals surface area (Å²) in [4.78, 5) is 23.3. The lowest BCUT2D eigenvalue weighted by molar-refractivity contribution is -0.140. The van der Waals surface area contributed by atoms with Crippen LogP contribution in [-0.4, -0.2) is 30.8 Å². The number of carbonyl (C=O) groups is 2. The van der Waals surface area contributed by atoms with Crippen LogP contribution in [0.3, 0.4) is 0 Å². The second-order valence-corrected chi connectivity index (χ2v) is 7.54. The van der Waals surface area contributed by atoms with Crippen molar-refractivity contribution in [3.8, 4) is 0 Å². The summed E-state index contributed by atoms with van der Waals surface area (Å²) >= 11 is 3.41. The minimum Gasteiger partial charge on any atom is -0.469 e. The average molecular weight is 412 g/mol. The van der Waals surface area contributed by atoms with E-state index in [1.165, 1.54) is 7.11 Å². The smallest absolute Gasteiger partial charge is 0.408 e. The van der Waals surface area contributed by atoms with Gasteiger partial charge < -0.3 is 14.8 Å². The molecule has 0 saturated heterocycles. The van der Waals surface area contributed by atoms with Gasteiger partial charge >= 0.3 is 12.1 Å². The third-order valence-corrected chi connectivity index (χ3v) is 3.75. The Labute approximate surface area is 157 Å². The van der Waals surface area contributed by atoms with Crippen molar-refractivity contribution in [2.24, 2.45) is 0 Å². The fourth-order valence-electron chi connectivity index (χ4n) is 2.04. The molecule has 6 heteroatoms. The maximum Gasteiger partial charge on any atom is 0.408 e. The molecule has 1 aromatic rings. The van der Waals surface area contributed by atoms with E-state index in [9.17, 15) is 9.59 Å². The number of hydrogen-bond acceptors (Lipinski definition) is 4. The normalized spacial score (nSPS) is 12.7. The van der Waals surface area contributed by atoms with E-state index in [0.29, 0.717) is 6.42 Å². The lowest BCUT2D eigenvalue weighted by Gasteiger charge is -2.22. The minimum atomic E-state index is -0.571. The number of alkyl carbamates (subject to hydrolysis) is 1.